The Morgan fingerprint density at radius 2 is 1.94 bits per heavy atom. The Hall–Kier alpha value is -3.91. The lowest BCUT2D eigenvalue weighted by molar-refractivity contribution is 0.627. The van der Waals surface area contributed by atoms with Gasteiger partial charge >= 0.3 is 0 Å². The number of fused-ring (bicyclic) bond motifs is 2. The van der Waals surface area contributed by atoms with Crippen molar-refractivity contribution in [1.29, 1.82) is 0 Å². The fourth-order valence-electron chi connectivity index (χ4n) is 4.00. The predicted octanol–water partition coefficient (Wildman–Crippen LogP) is 3.43. The van der Waals surface area contributed by atoms with E-state index in [9.17, 15) is 0 Å². The summed E-state index contributed by atoms with van der Waals surface area (Å²) in [6, 6.07) is 11.9. The summed E-state index contributed by atoms with van der Waals surface area (Å²) in [5, 5.41) is 10.7. The number of nitrogens with zero attached hydrogens (tertiary/aromatic N) is 5. The minimum Gasteiger partial charge on any atom is -0.341 e. The van der Waals surface area contributed by atoms with Crippen molar-refractivity contribution in [3.05, 3.63) is 65.9 Å². The van der Waals surface area contributed by atoms with E-state index in [2.05, 4.69) is 30.5 Å². The van der Waals surface area contributed by atoms with Crippen LogP contribution in [0.5, 0.6) is 0 Å². The van der Waals surface area contributed by atoms with Gasteiger partial charge in [-0.3, -0.25) is 15.1 Å². The molecule has 8 heteroatoms. The summed E-state index contributed by atoms with van der Waals surface area (Å²) in [7, 11) is 0. The number of imidazole rings is 1. The molecular formula is C23H20N8. The highest BCUT2D eigenvalue weighted by molar-refractivity contribution is 5.84. The summed E-state index contributed by atoms with van der Waals surface area (Å²) < 4.78 is 0. The SMILES string of the molecule is Cc1cccc(-c2n[nH]cc2-c2ccc3ncc(-c4nc5c([nH]4)CCNC5)cc3n2)n1. The molecule has 1 aliphatic heterocycles. The molecule has 5 aromatic heterocycles. The van der Waals surface area contributed by atoms with Gasteiger partial charge in [0.05, 0.1) is 28.1 Å². The number of rotatable bonds is 3. The van der Waals surface area contributed by atoms with Crippen LogP contribution < -0.4 is 5.32 Å². The summed E-state index contributed by atoms with van der Waals surface area (Å²) in [5.74, 6) is 0.836. The van der Waals surface area contributed by atoms with Crippen LogP contribution in [0, 0.1) is 6.92 Å². The molecule has 0 aromatic carbocycles. The average Bonchev–Trinajstić information content (AvgIpc) is 3.46. The molecule has 0 bridgehead atoms. The van der Waals surface area contributed by atoms with Gasteiger partial charge in [-0.25, -0.2) is 9.97 Å². The summed E-state index contributed by atoms with van der Waals surface area (Å²) in [5.41, 5.74) is 9.14. The lowest BCUT2D eigenvalue weighted by Crippen LogP contribution is -2.23. The number of H-pyrrole nitrogens is 2. The summed E-state index contributed by atoms with van der Waals surface area (Å²) in [4.78, 5) is 22.3. The lowest BCUT2D eigenvalue weighted by atomic mass is 10.1. The summed E-state index contributed by atoms with van der Waals surface area (Å²) >= 11 is 0. The van der Waals surface area contributed by atoms with Crippen LogP contribution in [0.2, 0.25) is 0 Å². The molecule has 0 amide bonds. The van der Waals surface area contributed by atoms with Gasteiger partial charge in [-0.1, -0.05) is 6.07 Å². The molecule has 6 rings (SSSR count). The number of hydrogen-bond donors (Lipinski definition) is 3. The zero-order chi connectivity index (χ0) is 20.8. The Bertz CT molecular complexity index is 1390. The first-order valence-electron chi connectivity index (χ1n) is 10.3. The first-order valence-corrected chi connectivity index (χ1v) is 10.3. The van der Waals surface area contributed by atoms with E-state index in [0.717, 1.165) is 76.0 Å². The van der Waals surface area contributed by atoms with Crippen LogP contribution in [0.25, 0.3) is 45.1 Å². The molecule has 0 radical (unpaired) electrons. The molecule has 0 saturated carbocycles. The van der Waals surface area contributed by atoms with E-state index in [1.54, 1.807) is 0 Å². The van der Waals surface area contributed by atoms with E-state index in [1.807, 2.05) is 55.7 Å². The van der Waals surface area contributed by atoms with Crippen LogP contribution in [0.3, 0.4) is 0 Å². The van der Waals surface area contributed by atoms with Crippen molar-refractivity contribution in [3.8, 4) is 34.0 Å². The summed E-state index contributed by atoms with van der Waals surface area (Å²) in [6.07, 6.45) is 4.67. The van der Waals surface area contributed by atoms with Crippen molar-refractivity contribution < 1.29 is 0 Å². The molecule has 6 heterocycles. The standard InChI is InChI=1S/C23H20N8/c1-13-3-2-4-19(27-13)22-15(11-26-31-22)16-5-6-17-20(28-16)9-14(10-25-17)23-29-18-7-8-24-12-21(18)30-23/h2-6,9-11,24H,7-8,12H2,1H3,(H,26,31)(H,29,30). The lowest BCUT2D eigenvalue weighted by Gasteiger charge is -2.09. The van der Waals surface area contributed by atoms with Crippen LogP contribution in [0.15, 0.2) is 48.8 Å². The molecule has 3 N–H and O–H groups in total. The highest BCUT2D eigenvalue weighted by Gasteiger charge is 2.17. The highest BCUT2D eigenvalue weighted by atomic mass is 15.1. The Morgan fingerprint density at radius 1 is 0.968 bits per heavy atom. The van der Waals surface area contributed by atoms with Crippen molar-refractivity contribution in [2.75, 3.05) is 6.54 Å². The Balaban J connectivity index is 1.42. The van der Waals surface area contributed by atoms with E-state index in [0.29, 0.717) is 0 Å². The molecule has 8 nitrogen and oxygen atoms in total. The number of nitrogens with one attached hydrogen (secondary N) is 3. The third-order valence-corrected chi connectivity index (χ3v) is 5.57. The van der Waals surface area contributed by atoms with Crippen LogP contribution in [0.4, 0.5) is 0 Å². The maximum Gasteiger partial charge on any atom is 0.139 e. The minimum absolute atomic E-state index is 0.783. The summed E-state index contributed by atoms with van der Waals surface area (Å²) in [6.45, 7) is 3.74. The predicted molar refractivity (Wildman–Crippen MR) is 118 cm³/mol. The highest BCUT2D eigenvalue weighted by Crippen LogP contribution is 2.30. The van der Waals surface area contributed by atoms with Gasteiger partial charge in [0.25, 0.3) is 0 Å². The third-order valence-electron chi connectivity index (χ3n) is 5.57. The van der Waals surface area contributed by atoms with E-state index in [4.69, 9.17) is 9.97 Å². The van der Waals surface area contributed by atoms with E-state index < -0.39 is 0 Å². The molecule has 0 spiro atoms. The van der Waals surface area contributed by atoms with Gasteiger partial charge < -0.3 is 10.3 Å². The third kappa shape index (κ3) is 3.17. The Labute approximate surface area is 178 Å². The minimum atomic E-state index is 0.783. The molecule has 0 unspecified atom stereocenters. The fraction of sp³-hybridized carbons (Fsp3) is 0.174. The maximum absolute atomic E-state index is 4.89. The molecular weight excluding hydrogens is 388 g/mol. The number of aromatic amines is 2. The normalized spacial score (nSPS) is 13.5. The Kier molecular flexibility index (Phi) is 4.10. The van der Waals surface area contributed by atoms with Crippen molar-refractivity contribution in [2.45, 2.75) is 19.9 Å². The number of aryl methyl sites for hydroxylation is 1. The Morgan fingerprint density at radius 3 is 2.84 bits per heavy atom. The van der Waals surface area contributed by atoms with E-state index in [1.165, 1.54) is 5.69 Å². The van der Waals surface area contributed by atoms with Crippen molar-refractivity contribution >= 4 is 11.0 Å². The van der Waals surface area contributed by atoms with Gasteiger partial charge in [-0.2, -0.15) is 5.10 Å². The van der Waals surface area contributed by atoms with Crippen molar-refractivity contribution in [3.63, 3.8) is 0 Å². The quantitative estimate of drug-likeness (QED) is 0.422. The second kappa shape index (κ2) is 7.10. The van der Waals surface area contributed by atoms with Gasteiger partial charge in [0.1, 0.15) is 11.5 Å². The topological polar surface area (TPSA) is 108 Å². The monoisotopic (exact) mass is 408 g/mol. The first kappa shape index (κ1) is 17.9. The average molecular weight is 408 g/mol. The van der Waals surface area contributed by atoms with Crippen molar-refractivity contribution in [1.82, 2.24) is 40.4 Å². The van der Waals surface area contributed by atoms with Gasteiger partial charge in [0.2, 0.25) is 0 Å². The zero-order valence-corrected chi connectivity index (χ0v) is 17.0. The van der Waals surface area contributed by atoms with Crippen LogP contribution >= 0.6 is 0 Å². The van der Waals surface area contributed by atoms with Gasteiger partial charge in [-0.15, -0.1) is 0 Å². The second-order valence-electron chi connectivity index (χ2n) is 7.71. The maximum atomic E-state index is 4.89. The zero-order valence-electron chi connectivity index (χ0n) is 17.0. The van der Waals surface area contributed by atoms with Gasteiger partial charge in [0.15, 0.2) is 0 Å². The van der Waals surface area contributed by atoms with Crippen LogP contribution in [-0.4, -0.2) is 41.7 Å². The van der Waals surface area contributed by atoms with E-state index >= 15 is 0 Å². The molecule has 0 atom stereocenters. The molecule has 0 saturated heterocycles. The smallest absolute Gasteiger partial charge is 0.139 e. The fourth-order valence-corrected chi connectivity index (χ4v) is 4.00. The van der Waals surface area contributed by atoms with Gasteiger partial charge in [0, 0.05) is 54.4 Å². The molecule has 1 aliphatic rings. The van der Waals surface area contributed by atoms with Crippen molar-refractivity contribution in [2.24, 2.45) is 0 Å². The molecule has 31 heavy (non-hydrogen) atoms. The number of hydrogen-bond acceptors (Lipinski definition) is 6. The second-order valence-corrected chi connectivity index (χ2v) is 7.71. The van der Waals surface area contributed by atoms with Gasteiger partial charge in [-0.05, 0) is 37.3 Å². The molecule has 5 aromatic rings. The first-order chi connectivity index (χ1) is 15.2. The number of pyridine rings is 3. The van der Waals surface area contributed by atoms with Crippen LogP contribution in [-0.2, 0) is 13.0 Å². The molecule has 152 valence electrons. The number of aromatic nitrogens is 7. The van der Waals surface area contributed by atoms with E-state index in [-0.39, 0.29) is 0 Å². The molecule has 0 fully saturated rings. The largest absolute Gasteiger partial charge is 0.341 e. The van der Waals surface area contributed by atoms with Crippen LogP contribution in [0.1, 0.15) is 17.1 Å². The molecule has 0 aliphatic carbocycles.